The summed E-state index contributed by atoms with van der Waals surface area (Å²) >= 11 is 6.23. The van der Waals surface area contributed by atoms with Crippen LogP contribution in [0, 0.1) is 0 Å². The number of likely N-dealkylation sites (tertiary alicyclic amines) is 1. The first-order valence-electron chi connectivity index (χ1n) is 13.6. The van der Waals surface area contributed by atoms with Crippen molar-refractivity contribution < 1.29 is 27.5 Å². The Morgan fingerprint density at radius 2 is 1.80 bits per heavy atom. The minimum atomic E-state index is -5.09. The van der Waals surface area contributed by atoms with E-state index in [9.17, 15) is 22.8 Å². The quantitative estimate of drug-likeness (QED) is 0.202. The van der Waals surface area contributed by atoms with E-state index in [1.54, 1.807) is 45.0 Å². The van der Waals surface area contributed by atoms with Crippen LogP contribution in [0.5, 0.6) is 0 Å². The van der Waals surface area contributed by atoms with Crippen molar-refractivity contribution in [2.45, 2.75) is 45.0 Å². The Morgan fingerprint density at radius 3 is 2.38 bits per heavy atom. The zero-order chi connectivity index (χ0) is 32.5. The number of carbonyl (C=O) groups excluding carboxylic acids is 2. The maximum absolute atomic E-state index is 14.4. The molecule has 0 aliphatic carbocycles. The van der Waals surface area contributed by atoms with Crippen molar-refractivity contribution >= 4 is 51.5 Å². The molecule has 0 radical (unpaired) electrons. The third-order valence-corrected chi connectivity index (χ3v) is 6.90. The highest BCUT2D eigenvalue weighted by atomic mass is 35.5. The van der Waals surface area contributed by atoms with Crippen LogP contribution in [-0.2, 0) is 9.53 Å². The first-order valence-corrected chi connectivity index (χ1v) is 13.9. The smallest absolute Gasteiger partial charge is 0.434 e. The van der Waals surface area contributed by atoms with Crippen LogP contribution < -0.4 is 11.1 Å². The van der Waals surface area contributed by atoms with E-state index >= 15 is 0 Å². The second-order valence-corrected chi connectivity index (χ2v) is 11.3. The van der Waals surface area contributed by atoms with Crippen molar-refractivity contribution in [3.05, 3.63) is 77.6 Å². The van der Waals surface area contributed by atoms with E-state index in [-0.39, 0.29) is 22.2 Å². The lowest BCUT2D eigenvalue weighted by molar-refractivity contribution is -0.113. The summed E-state index contributed by atoms with van der Waals surface area (Å²) in [5.41, 5.74) is 2.69. The van der Waals surface area contributed by atoms with Gasteiger partial charge in [0.15, 0.2) is 11.5 Å². The Morgan fingerprint density at radius 1 is 1.11 bits per heavy atom. The van der Waals surface area contributed by atoms with Gasteiger partial charge in [0, 0.05) is 23.5 Å². The molecule has 1 aliphatic rings. The van der Waals surface area contributed by atoms with Gasteiger partial charge in [-0.2, -0.15) is 23.4 Å². The number of rotatable bonds is 6. The number of fused-ring (bicyclic) bond motifs is 1. The highest BCUT2D eigenvalue weighted by molar-refractivity contribution is 6.32. The number of aliphatic imine (C=N–C) groups is 1. The summed E-state index contributed by atoms with van der Waals surface area (Å²) in [5.74, 6) is -1.06. The molecule has 1 aliphatic heterocycles. The van der Waals surface area contributed by atoms with Crippen LogP contribution in [0.2, 0.25) is 5.02 Å². The van der Waals surface area contributed by atoms with E-state index in [0.29, 0.717) is 35.6 Å². The second kappa shape index (κ2) is 12.1. The molecule has 0 spiro atoms. The molecule has 1 saturated heterocycles. The number of ether oxygens (including phenoxy) is 1. The highest BCUT2D eigenvalue weighted by Crippen LogP contribution is 2.40. The zero-order valence-corrected chi connectivity index (χ0v) is 25.0. The molecule has 3 N–H and O–H groups in total. The summed E-state index contributed by atoms with van der Waals surface area (Å²) in [6.07, 6.45) is 0.672. The number of carbonyl (C=O) groups is 2. The van der Waals surface area contributed by atoms with Gasteiger partial charge in [-0.3, -0.25) is 14.7 Å². The zero-order valence-electron chi connectivity index (χ0n) is 24.2. The van der Waals surface area contributed by atoms with Gasteiger partial charge in [0.25, 0.3) is 5.91 Å². The number of benzene rings is 1. The first-order chi connectivity index (χ1) is 21.3. The van der Waals surface area contributed by atoms with E-state index < -0.39 is 41.1 Å². The summed E-state index contributed by atoms with van der Waals surface area (Å²) in [6, 6.07) is 7.44. The molecule has 2 amide bonds. The SMILES string of the molecule is CC(C)(C)OC(=O)N1CCC1c1ncc(N=C(C(=CN)C(=O)Nc2cnc(-n3nccn3)c(Cl)c2)C(F)(F)F)c2ccccc12. The van der Waals surface area contributed by atoms with Crippen LogP contribution in [0.4, 0.5) is 29.3 Å². The van der Waals surface area contributed by atoms with Crippen LogP contribution in [0.25, 0.3) is 16.6 Å². The van der Waals surface area contributed by atoms with Crippen LogP contribution >= 0.6 is 11.6 Å². The lowest BCUT2D eigenvalue weighted by Crippen LogP contribution is -2.47. The Bertz CT molecular complexity index is 1820. The van der Waals surface area contributed by atoms with Crippen LogP contribution in [0.15, 0.2) is 71.9 Å². The molecule has 4 heterocycles. The molecule has 1 atom stereocenters. The maximum atomic E-state index is 14.4. The van der Waals surface area contributed by atoms with Crippen molar-refractivity contribution in [2.24, 2.45) is 10.7 Å². The molecule has 3 aromatic heterocycles. The number of pyridine rings is 2. The number of hydrogen-bond donors (Lipinski definition) is 2. The van der Waals surface area contributed by atoms with E-state index in [2.05, 4.69) is 30.5 Å². The third kappa shape index (κ3) is 6.72. The number of nitrogens with two attached hydrogens (primary N) is 1. The van der Waals surface area contributed by atoms with Crippen molar-refractivity contribution in [1.82, 2.24) is 29.9 Å². The first kappa shape index (κ1) is 31.4. The predicted molar refractivity (Wildman–Crippen MR) is 160 cm³/mol. The van der Waals surface area contributed by atoms with Crippen LogP contribution in [0.1, 0.15) is 38.9 Å². The Kier molecular flexibility index (Phi) is 8.47. The Balaban J connectivity index is 1.47. The summed E-state index contributed by atoms with van der Waals surface area (Å²) < 4.78 is 48.8. The lowest BCUT2D eigenvalue weighted by atomic mass is 9.95. The highest BCUT2D eigenvalue weighted by Gasteiger charge is 2.41. The molecule has 1 aromatic carbocycles. The summed E-state index contributed by atoms with van der Waals surface area (Å²) in [6.45, 7) is 5.71. The molecule has 4 aromatic rings. The monoisotopic (exact) mass is 641 g/mol. The molecule has 234 valence electrons. The lowest BCUT2D eigenvalue weighted by Gasteiger charge is -2.41. The molecule has 1 unspecified atom stereocenters. The Hall–Kier alpha value is -5.05. The molecule has 1 fully saturated rings. The molecule has 45 heavy (non-hydrogen) atoms. The largest absolute Gasteiger partial charge is 0.444 e. The van der Waals surface area contributed by atoms with Crippen molar-refractivity contribution in [3.63, 3.8) is 0 Å². The average molecular weight is 642 g/mol. The van der Waals surface area contributed by atoms with E-state index in [1.807, 2.05) is 0 Å². The molecule has 16 heteroatoms. The molecular formula is C29H27ClF3N9O3. The van der Waals surface area contributed by atoms with Gasteiger partial charge in [-0.1, -0.05) is 35.9 Å². The molecule has 12 nitrogen and oxygen atoms in total. The average Bonchev–Trinajstić information content (AvgIpc) is 3.46. The number of nitrogens with one attached hydrogen (secondary N) is 1. The standard InChI is InChI=1S/C29H27ClF3N9O3/c1-28(2,3)45-27(44)41-11-8-22(41)23-18-7-5-4-6-17(18)21(15-35-23)40-24(29(31,32)33)19(13-34)26(43)39-16-12-20(30)25(36-14-16)42-37-9-10-38-42/h4-7,9-10,12-15,22H,8,11,34H2,1-3H3,(H,39,43). The predicted octanol–water partition coefficient (Wildman–Crippen LogP) is 5.66. The summed E-state index contributed by atoms with van der Waals surface area (Å²) in [7, 11) is 0. The van der Waals surface area contributed by atoms with E-state index in [1.165, 1.54) is 35.8 Å². The minimum Gasteiger partial charge on any atom is -0.444 e. The Labute approximate surface area is 259 Å². The van der Waals surface area contributed by atoms with E-state index in [0.717, 1.165) is 4.80 Å². The van der Waals surface area contributed by atoms with Gasteiger partial charge in [0.05, 0.1) is 58.5 Å². The van der Waals surface area contributed by atoms with Crippen molar-refractivity contribution in [1.29, 1.82) is 0 Å². The fourth-order valence-corrected chi connectivity index (χ4v) is 4.84. The number of alkyl halides is 3. The van der Waals surface area contributed by atoms with Crippen LogP contribution in [0.3, 0.4) is 0 Å². The van der Waals surface area contributed by atoms with E-state index in [4.69, 9.17) is 22.1 Å². The molecule has 5 rings (SSSR count). The molecular weight excluding hydrogens is 615 g/mol. The molecule has 0 saturated carbocycles. The molecule has 0 bridgehead atoms. The summed E-state index contributed by atoms with van der Waals surface area (Å²) in [5, 5.41) is 11.0. The van der Waals surface area contributed by atoms with Crippen molar-refractivity contribution in [3.8, 4) is 5.82 Å². The summed E-state index contributed by atoms with van der Waals surface area (Å²) in [4.78, 5) is 40.8. The number of anilines is 1. The number of hydrogen-bond acceptors (Lipinski definition) is 9. The minimum absolute atomic E-state index is 0.00621. The number of aromatic nitrogens is 5. The van der Waals surface area contributed by atoms with Gasteiger partial charge in [0.1, 0.15) is 5.60 Å². The number of nitrogens with zero attached hydrogens (tertiary/aromatic N) is 7. The van der Waals surface area contributed by atoms with Gasteiger partial charge in [0.2, 0.25) is 0 Å². The fourth-order valence-electron chi connectivity index (χ4n) is 4.59. The van der Waals surface area contributed by atoms with Gasteiger partial charge >= 0.3 is 12.3 Å². The number of halogens is 4. The number of amides is 2. The van der Waals surface area contributed by atoms with Gasteiger partial charge in [-0.25, -0.2) is 14.8 Å². The third-order valence-electron chi connectivity index (χ3n) is 6.62. The second-order valence-electron chi connectivity index (χ2n) is 10.9. The van der Waals surface area contributed by atoms with Gasteiger partial charge in [-0.15, -0.1) is 4.80 Å². The van der Waals surface area contributed by atoms with Crippen LogP contribution in [-0.4, -0.2) is 65.9 Å². The fraction of sp³-hybridized carbons (Fsp3) is 0.276. The van der Waals surface area contributed by atoms with Crippen molar-refractivity contribution in [2.75, 3.05) is 11.9 Å². The van der Waals surface area contributed by atoms with Gasteiger partial charge < -0.3 is 15.8 Å². The maximum Gasteiger partial charge on any atom is 0.434 e. The normalized spacial score (nSPS) is 16.0. The topological polar surface area (TPSA) is 154 Å². The van der Waals surface area contributed by atoms with Gasteiger partial charge in [-0.05, 0) is 33.3 Å².